The summed E-state index contributed by atoms with van der Waals surface area (Å²) in [7, 11) is 0. The third-order valence-electron chi connectivity index (χ3n) is 5.48. The lowest BCUT2D eigenvalue weighted by molar-refractivity contribution is -0.140. The largest absolute Gasteiger partial charge is 0.352 e. The highest BCUT2D eigenvalue weighted by atomic mass is 16.2. The average molecular weight is 385 g/mol. The summed E-state index contributed by atoms with van der Waals surface area (Å²) in [6, 6.07) is 6.79. The summed E-state index contributed by atoms with van der Waals surface area (Å²) in [5, 5.41) is 5.53. The normalized spacial score (nSPS) is 21.4. The Morgan fingerprint density at radius 1 is 1.07 bits per heavy atom. The molecular weight excluding hydrogens is 358 g/mol. The van der Waals surface area contributed by atoms with Gasteiger partial charge in [-0.1, -0.05) is 31.9 Å². The van der Waals surface area contributed by atoms with Crippen molar-refractivity contribution >= 4 is 29.3 Å². The molecule has 7 heteroatoms. The van der Waals surface area contributed by atoms with Crippen molar-refractivity contribution in [2.24, 2.45) is 11.8 Å². The second-order valence-corrected chi connectivity index (χ2v) is 7.43. The highest BCUT2D eigenvalue weighted by Gasteiger charge is 2.47. The molecule has 0 radical (unpaired) electrons. The highest BCUT2D eigenvalue weighted by Crippen LogP contribution is 2.37. The first kappa shape index (κ1) is 20.0. The molecule has 0 spiro atoms. The molecule has 4 amide bonds. The van der Waals surface area contributed by atoms with E-state index in [2.05, 4.69) is 10.6 Å². The van der Waals surface area contributed by atoms with E-state index < -0.39 is 0 Å². The van der Waals surface area contributed by atoms with Gasteiger partial charge >= 0.3 is 0 Å². The number of fused-ring (bicyclic) bond motifs is 1. The third-order valence-corrected chi connectivity index (χ3v) is 5.48. The van der Waals surface area contributed by atoms with Crippen LogP contribution in [-0.2, 0) is 14.4 Å². The van der Waals surface area contributed by atoms with Gasteiger partial charge in [0, 0.05) is 19.5 Å². The molecule has 1 aliphatic carbocycles. The lowest BCUT2D eigenvalue weighted by atomic mass is 9.81. The average Bonchev–Trinajstić information content (AvgIpc) is 2.95. The number of anilines is 1. The molecule has 0 bridgehead atoms. The van der Waals surface area contributed by atoms with Gasteiger partial charge in [0.15, 0.2) is 0 Å². The number of imide groups is 1. The number of carbonyl (C=O) groups excluding carboxylic acids is 4. The summed E-state index contributed by atoms with van der Waals surface area (Å²) in [6.07, 6.45) is 4.31. The lowest BCUT2D eigenvalue weighted by Crippen LogP contribution is -2.34. The Kier molecular flexibility index (Phi) is 6.44. The molecule has 2 aliphatic rings. The fourth-order valence-electron chi connectivity index (χ4n) is 4.00. The molecule has 1 aromatic carbocycles. The predicted octanol–water partition coefficient (Wildman–Crippen LogP) is 2.33. The number of rotatable bonds is 7. The Hall–Kier alpha value is -2.70. The quantitative estimate of drug-likeness (QED) is 0.704. The third kappa shape index (κ3) is 4.24. The number of carbonyl (C=O) groups is 4. The molecule has 1 saturated heterocycles. The van der Waals surface area contributed by atoms with Gasteiger partial charge in [-0.2, -0.15) is 0 Å². The van der Waals surface area contributed by atoms with E-state index in [9.17, 15) is 19.2 Å². The minimum absolute atomic E-state index is 0.0157. The predicted molar refractivity (Wildman–Crippen MR) is 104 cm³/mol. The van der Waals surface area contributed by atoms with Crippen molar-refractivity contribution in [2.45, 2.75) is 45.4 Å². The Balaban J connectivity index is 1.59. The maximum Gasteiger partial charge on any atom is 0.253 e. The second kappa shape index (κ2) is 8.99. The van der Waals surface area contributed by atoms with E-state index in [0.717, 1.165) is 32.1 Å². The first-order valence-corrected chi connectivity index (χ1v) is 10.0. The van der Waals surface area contributed by atoms with E-state index in [1.165, 1.54) is 4.90 Å². The SMILES string of the molecule is CCCNC(=O)c1ccccc1NC(=O)CCN1C(=O)[C@H]2CCCC[C@@H]2C1=O. The summed E-state index contributed by atoms with van der Waals surface area (Å²) in [4.78, 5) is 50.9. The van der Waals surface area contributed by atoms with Crippen LogP contribution in [0.4, 0.5) is 5.69 Å². The van der Waals surface area contributed by atoms with Crippen molar-refractivity contribution in [3.05, 3.63) is 29.8 Å². The van der Waals surface area contributed by atoms with Crippen LogP contribution in [0, 0.1) is 11.8 Å². The van der Waals surface area contributed by atoms with Gasteiger partial charge in [-0.05, 0) is 31.4 Å². The monoisotopic (exact) mass is 385 g/mol. The molecule has 150 valence electrons. The number of nitrogens with zero attached hydrogens (tertiary/aromatic N) is 1. The Morgan fingerprint density at radius 3 is 2.36 bits per heavy atom. The minimum atomic E-state index is -0.328. The first-order chi connectivity index (χ1) is 13.5. The van der Waals surface area contributed by atoms with Crippen LogP contribution in [0.25, 0.3) is 0 Å². The summed E-state index contributed by atoms with van der Waals surface area (Å²) in [5.41, 5.74) is 0.817. The van der Waals surface area contributed by atoms with Crippen LogP contribution in [0.5, 0.6) is 0 Å². The molecule has 1 saturated carbocycles. The second-order valence-electron chi connectivity index (χ2n) is 7.43. The van der Waals surface area contributed by atoms with Gasteiger partial charge in [-0.15, -0.1) is 0 Å². The van der Waals surface area contributed by atoms with Gasteiger partial charge in [0.2, 0.25) is 17.7 Å². The van der Waals surface area contributed by atoms with Gasteiger partial charge < -0.3 is 10.6 Å². The van der Waals surface area contributed by atoms with Crippen LogP contribution >= 0.6 is 0 Å². The van der Waals surface area contributed by atoms with E-state index in [0.29, 0.717) is 17.8 Å². The molecule has 3 rings (SSSR count). The van der Waals surface area contributed by atoms with E-state index in [-0.39, 0.29) is 48.4 Å². The summed E-state index contributed by atoms with van der Waals surface area (Å²) in [6.45, 7) is 2.61. The van der Waals surface area contributed by atoms with Crippen molar-refractivity contribution in [1.29, 1.82) is 0 Å². The molecule has 0 aromatic heterocycles. The van der Waals surface area contributed by atoms with Crippen molar-refractivity contribution in [3.8, 4) is 0 Å². The number of benzene rings is 1. The zero-order valence-electron chi connectivity index (χ0n) is 16.2. The number of para-hydroxylation sites is 1. The maximum absolute atomic E-state index is 12.5. The van der Waals surface area contributed by atoms with Crippen LogP contribution in [0.15, 0.2) is 24.3 Å². The molecular formula is C21H27N3O4. The van der Waals surface area contributed by atoms with Gasteiger partial charge in [-0.3, -0.25) is 24.1 Å². The Bertz CT molecular complexity index is 753. The van der Waals surface area contributed by atoms with Crippen molar-refractivity contribution in [3.63, 3.8) is 0 Å². The number of hydrogen-bond donors (Lipinski definition) is 2. The fourth-order valence-corrected chi connectivity index (χ4v) is 4.00. The molecule has 2 N–H and O–H groups in total. The van der Waals surface area contributed by atoms with E-state index in [1.54, 1.807) is 24.3 Å². The van der Waals surface area contributed by atoms with Crippen LogP contribution in [0.3, 0.4) is 0 Å². The molecule has 2 atom stereocenters. The molecule has 1 aliphatic heterocycles. The number of amides is 4. The topological polar surface area (TPSA) is 95.6 Å². The summed E-state index contributed by atoms with van der Waals surface area (Å²) in [5.74, 6) is -1.25. The van der Waals surface area contributed by atoms with Crippen LogP contribution in [-0.4, -0.2) is 41.6 Å². The molecule has 0 unspecified atom stereocenters. The molecule has 1 heterocycles. The number of likely N-dealkylation sites (tertiary alicyclic amines) is 1. The maximum atomic E-state index is 12.5. The fraction of sp³-hybridized carbons (Fsp3) is 0.524. The van der Waals surface area contributed by atoms with Crippen LogP contribution in [0.2, 0.25) is 0 Å². The van der Waals surface area contributed by atoms with E-state index in [4.69, 9.17) is 0 Å². The summed E-state index contributed by atoms with van der Waals surface area (Å²) >= 11 is 0. The van der Waals surface area contributed by atoms with Gasteiger partial charge in [-0.25, -0.2) is 0 Å². The molecule has 28 heavy (non-hydrogen) atoms. The van der Waals surface area contributed by atoms with E-state index in [1.807, 2.05) is 6.92 Å². The van der Waals surface area contributed by atoms with Crippen molar-refractivity contribution in [2.75, 3.05) is 18.4 Å². The van der Waals surface area contributed by atoms with Gasteiger partial charge in [0.25, 0.3) is 5.91 Å². The Morgan fingerprint density at radius 2 is 1.71 bits per heavy atom. The number of nitrogens with one attached hydrogen (secondary N) is 2. The highest BCUT2D eigenvalue weighted by molar-refractivity contribution is 6.06. The van der Waals surface area contributed by atoms with Crippen LogP contribution in [0.1, 0.15) is 55.8 Å². The van der Waals surface area contributed by atoms with Crippen molar-refractivity contribution in [1.82, 2.24) is 10.2 Å². The zero-order chi connectivity index (χ0) is 20.1. The summed E-state index contributed by atoms with van der Waals surface area (Å²) < 4.78 is 0. The Labute approximate surface area is 164 Å². The molecule has 7 nitrogen and oxygen atoms in total. The van der Waals surface area contributed by atoms with Crippen LogP contribution < -0.4 is 10.6 Å². The van der Waals surface area contributed by atoms with Crippen molar-refractivity contribution < 1.29 is 19.2 Å². The molecule has 1 aromatic rings. The van der Waals surface area contributed by atoms with E-state index >= 15 is 0 Å². The minimum Gasteiger partial charge on any atom is -0.352 e. The molecule has 2 fully saturated rings. The standard InChI is InChI=1S/C21H27N3O4/c1-2-12-22-19(26)16-9-5-6-10-17(16)23-18(25)11-13-24-20(27)14-7-3-4-8-15(14)21(24)28/h5-6,9-10,14-15H,2-4,7-8,11-13H2,1H3,(H,22,26)(H,23,25)/t14-,15-/m0/s1. The number of hydrogen-bond acceptors (Lipinski definition) is 4. The van der Waals surface area contributed by atoms with Gasteiger partial charge in [0.1, 0.15) is 0 Å². The first-order valence-electron chi connectivity index (χ1n) is 10.0. The smallest absolute Gasteiger partial charge is 0.253 e. The lowest BCUT2D eigenvalue weighted by Gasteiger charge is -2.19. The van der Waals surface area contributed by atoms with Gasteiger partial charge in [0.05, 0.1) is 23.1 Å². The zero-order valence-corrected chi connectivity index (χ0v) is 16.2.